The molecule has 1 aromatic carbocycles. The first-order chi connectivity index (χ1) is 9.84. The minimum absolute atomic E-state index is 0.259. The Labute approximate surface area is 115 Å². The first-order valence-electron chi connectivity index (χ1n) is 6.24. The van der Waals surface area contributed by atoms with Gasteiger partial charge in [0.25, 0.3) is 5.91 Å². The SMILES string of the molecule is O=C(NCc1ncc[nH]1)c1occc1-c1ccccc1. The fourth-order valence-electron chi connectivity index (χ4n) is 1.97. The van der Waals surface area contributed by atoms with Gasteiger partial charge in [-0.25, -0.2) is 4.98 Å². The third-order valence-electron chi connectivity index (χ3n) is 2.93. The van der Waals surface area contributed by atoms with Crippen molar-refractivity contribution in [3.63, 3.8) is 0 Å². The van der Waals surface area contributed by atoms with Crippen molar-refractivity contribution in [1.82, 2.24) is 15.3 Å². The molecule has 2 aromatic heterocycles. The van der Waals surface area contributed by atoms with Crippen LogP contribution in [0.3, 0.4) is 0 Å². The van der Waals surface area contributed by atoms with Crippen molar-refractivity contribution in [3.8, 4) is 11.1 Å². The highest BCUT2D eigenvalue weighted by Gasteiger charge is 2.16. The second-order valence-corrected chi connectivity index (χ2v) is 4.25. The molecule has 0 radical (unpaired) electrons. The number of aromatic amines is 1. The maximum atomic E-state index is 12.1. The van der Waals surface area contributed by atoms with Crippen LogP contribution in [-0.2, 0) is 6.54 Å². The van der Waals surface area contributed by atoms with E-state index in [-0.39, 0.29) is 5.91 Å². The fraction of sp³-hybridized carbons (Fsp3) is 0.0667. The van der Waals surface area contributed by atoms with Crippen LogP contribution >= 0.6 is 0 Å². The number of nitrogens with zero attached hydrogens (tertiary/aromatic N) is 1. The number of imidazole rings is 1. The molecule has 5 nitrogen and oxygen atoms in total. The number of rotatable bonds is 4. The number of hydrogen-bond acceptors (Lipinski definition) is 3. The molecule has 0 atom stereocenters. The smallest absolute Gasteiger partial charge is 0.288 e. The number of benzene rings is 1. The molecule has 0 unspecified atom stereocenters. The Balaban J connectivity index is 1.77. The van der Waals surface area contributed by atoms with E-state index in [1.165, 1.54) is 6.26 Å². The fourth-order valence-corrected chi connectivity index (χ4v) is 1.97. The molecule has 100 valence electrons. The second-order valence-electron chi connectivity index (χ2n) is 4.25. The van der Waals surface area contributed by atoms with Gasteiger partial charge in [-0.3, -0.25) is 4.79 Å². The van der Waals surface area contributed by atoms with Crippen LogP contribution in [0.15, 0.2) is 59.5 Å². The molecule has 2 heterocycles. The monoisotopic (exact) mass is 267 g/mol. The molecule has 5 heteroatoms. The maximum absolute atomic E-state index is 12.1. The van der Waals surface area contributed by atoms with Gasteiger partial charge >= 0.3 is 0 Å². The quantitative estimate of drug-likeness (QED) is 0.763. The molecule has 0 aliphatic heterocycles. The Bertz CT molecular complexity index is 687. The summed E-state index contributed by atoms with van der Waals surface area (Å²) in [5, 5.41) is 2.77. The number of H-pyrrole nitrogens is 1. The molecular weight excluding hydrogens is 254 g/mol. The third kappa shape index (κ3) is 2.47. The summed E-state index contributed by atoms with van der Waals surface area (Å²) in [5.74, 6) is 0.749. The first kappa shape index (κ1) is 12.2. The summed E-state index contributed by atoms with van der Waals surface area (Å²) in [5.41, 5.74) is 1.73. The van der Waals surface area contributed by atoms with Crippen LogP contribution in [-0.4, -0.2) is 15.9 Å². The summed E-state index contributed by atoms with van der Waals surface area (Å²) in [6.07, 6.45) is 4.87. The Morgan fingerprint density at radius 1 is 1.25 bits per heavy atom. The molecule has 0 spiro atoms. The van der Waals surface area contributed by atoms with E-state index < -0.39 is 0 Å². The zero-order chi connectivity index (χ0) is 13.8. The molecule has 3 rings (SSSR count). The Morgan fingerprint density at radius 3 is 2.85 bits per heavy atom. The molecule has 1 amide bonds. The molecule has 0 aliphatic carbocycles. The highest BCUT2D eigenvalue weighted by Crippen LogP contribution is 2.24. The summed E-state index contributed by atoms with van der Waals surface area (Å²) in [6, 6.07) is 11.4. The zero-order valence-corrected chi connectivity index (χ0v) is 10.7. The lowest BCUT2D eigenvalue weighted by atomic mass is 10.1. The van der Waals surface area contributed by atoms with E-state index in [2.05, 4.69) is 15.3 Å². The van der Waals surface area contributed by atoms with Crippen molar-refractivity contribution in [2.75, 3.05) is 0 Å². The number of furan rings is 1. The van der Waals surface area contributed by atoms with Crippen LogP contribution in [0.1, 0.15) is 16.4 Å². The van der Waals surface area contributed by atoms with E-state index in [4.69, 9.17) is 4.42 Å². The molecule has 0 aliphatic rings. The predicted octanol–water partition coefficient (Wildman–Crippen LogP) is 2.60. The topological polar surface area (TPSA) is 70.9 Å². The predicted molar refractivity (Wildman–Crippen MR) is 73.9 cm³/mol. The van der Waals surface area contributed by atoms with Gasteiger partial charge in [0, 0.05) is 18.0 Å². The van der Waals surface area contributed by atoms with Crippen molar-refractivity contribution in [2.45, 2.75) is 6.54 Å². The van der Waals surface area contributed by atoms with E-state index in [0.29, 0.717) is 18.1 Å². The molecule has 0 saturated carbocycles. The molecule has 2 N–H and O–H groups in total. The minimum Gasteiger partial charge on any atom is -0.459 e. The average Bonchev–Trinajstić information content (AvgIpc) is 3.17. The van der Waals surface area contributed by atoms with Crippen molar-refractivity contribution < 1.29 is 9.21 Å². The standard InChI is InChI=1S/C15H13N3O2/c19-15(18-10-13-16-7-8-17-13)14-12(6-9-20-14)11-4-2-1-3-5-11/h1-9H,10H2,(H,16,17)(H,18,19). The normalized spacial score (nSPS) is 10.4. The lowest BCUT2D eigenvalue weighted by Crippen LogP contribution is -2.23. The van der Waals surface area contributed by atoms with Gasteiger partial charge in [-0.05, 0) is 11.6 Å². The van der Waals surface area contributed by atoms with Crippen molar-refractivity contribution in [3.05, 3.63) is 66.6 Å². The van der Waals surface area contributed by atoms with Crippen LogP contribution in [0.4, 0.5) is 0 Å². The van der Waals surface area contributed by atoms with Gasteiger partial charge in [0.1, 0.15) is 5.82 Å². The van der Waals surface area contributed by atoms with Crippen molar-refractivity contribution >= 4 is 5.91 Å². The molecular formula is C15H13N3O2. The number of nitrogens with one attached hydrogen (secondary N) is 2. The highest BCUT2D eigenvalue weighted by atomic mass is 16.3. The summed E-state index contributed by atoms with van der Waals surface area (Å²) < 4.78 is 5.31. The third-order valence-corrected chi connectivity index (χ3v) is 2.93. The first-order valence-corrected chi connectivity index (χ1v) is 6.24. The van der Waals surface area contributed by atoms with Gasteiger partial charge in [-0.1, -0.05) is 30.3 Å². The number of hydrogen-bond donors (Lipinski definition) is 2. The lowest BCUT2D eigenvalue weighted by molar-refractivity contribution is 0.0923. The maximum Gasteiger partial charge on any atom is 0.288 e. The summed E-state index contributed by atoms with van der Waals surface area (Å²) >= 11 is 0. The Hall–Kier alpha value is -2.82. The number of aromatic nitrogens is 2. The van der Waals surface area contributed by atoms with Gasteiger partial charge < -0.3 is 14.7 Å². The van der Waals surface area contributed by atoms with E-state index in [9.17, 15) is 4.79 Å². The molecule has 0 bridgehead atoms. The average molecular weight is 267 g/mol. The zero-order valence-electron chi connectivity index (χ0n) is 10.7. The van der Waals surface area contributed by atoms with Gasteiger partial charge in [-0.15, -0.1) is 0 Å². The Kier molecular flexibility index (Phi) is 3.33. The highest BCUT2D eigenvalue weighted by molar-refractivity contribution is 5.98. The molecule has 0 fully saturated rings. The van der Waals surface area contributed by atoms with Gasteiger partial charge in [0.05, 0.1) is 12.8 Å². The number of amides is 1. The van der Waals surface area contributed by atoms with Gasteiger partial charge in [0.2, 0.25) is 0 Å². The Morgan fingerprint density at radius 2 is 2.10 bits per heavy atom. The summed E-state index contributed by atoms with van der Waals surface area (Å²) in [7, 11) is 0. The molecule has 20 heavy (non-hydrogen) atoms. The van der Waals surface area contributed by atoms with Crippen LogP contribution in [0.25, 0.3) is 11.1 Å². The van der Waals surface area contributed by atoms with E-state index in [1.807, 2.05) is 30.3 Å². The largest absolute Gasteiger partial charge is 0.459 e. The van der Waals surface area contributed by atoms with E-state index in [0.717, 1.165) is 11.1 Å². The van der Waals surface area contributed by atoms with Crippen LogP contribution in [0, 0.1) is 0 Å². The van der Waals surface area contributed by atoms with Crippen molar-refractivity contribution in [2.24, 2.45) is 0 Å². The lowest BCUT2D eigenvalue weighted by Gasteiger charge is -2.04. The van der Waals surface area contributed by atoms with Crippen molar-refractivity contribution in [1.29, 1.82) is 0 Å². The summed E-state index contributed by atoms with van der Waals surface area (Å²) in [6.45, 7) is 0.334. The van der Waals surface area contributed by atoms with Crippen LogP contribution in [0.5, 0.6) is 0 Å². The molecule has 3 aromatic rings. The van der Waals surface area contributed by atoms with E-state index in [1.54, 1.807) is 18.5 Å². The van der Waals surface area contributed by atoms with Gasteiger partial charge in [-0.2, -0.15) is 0 Å². The van der Waals surface area contributed by atoms with Gasteiger partial charge in [0.15, 0.2) is 5.76 Å². The minimum atomic E-state index is -0.259. The van der Waals surface area contributed by atoms with Crippen LogP contribution in [0.2, 0.25) is 0 Å². The number of carbonyl (C=O) groups excluding carboxylic acids is 1. The second kappa shape index (κ2) is 5.44. The van der Waals surface area contributed by atoms with E-state index >= 15 is 0 Å². The number of carbonyl (C=O) groups is 1. The summed E-state index contributed by atoms with van der Waals surface area (Å²) in [4.78, 5) is 19.1. The molecule has 0 saturated heterocycles. The van der Waals surface area contributed by atoms with Crippen LogP contribution < -0.4 is 5.32 Å².